The number of carbonyl (C=O) groups excluding carboxylic acids is 3. The molecule has 1 heterocycles. The molecule has 0 aliphatic carbocycles. The molecule has 4 unspecified atom stereocenters. The fraction of sp³-hybridized carbons (Fsp3) is 0.296. The maximum atomic E-state index is 13.5. The van der Waals surface area contributed by atoms with Gasteiger partial charge in [-0.2, -0.15) is 0 Å². The number of aromatic hydroxyl groups is 1. The van der Waals surface area contributed by atoms with E-state index in [1.165, 1.54) is 25.4 Å². The quantitative estimate of drug-likeness (QED) is 0.159. The summed E-state index contributed by atoms with van der Waals surface area (Å²) in [6.45, 7) is 1.30. The minimum Gasteiger partial charge on any atom is -0.508 e. The molecule has 0 aliphatic heterocycles. The molecule has 4 atom stereocenters. The summed E-state index contributed by atoms with van der Waals surface area (Å²) in [5, 5.41) is 26.5. The average Bonchev–Trinajstić information content (AvgIpc) is 3.42. The number of H-pyrrole nitrogens is 1. The average molecular weight is 537 g/mol. The third kappa shape index (κ3) is 8.97. The topological polar surface area (TPSA) is 200 Å². The van der Waals surface area contributed by atoms with Crippen LogP contribution in [0.15, 0.2) is 67.1 Å². The maximum Gasteiger partial charge on any atom is 0.325 e. The molecule has 12 heteroatoms. The number of hydrogen-bond acceptors (Lipinski definition) is 7. The van der Waals surface area contributed by atoms with Gasteiger partial charge < -0.3 is 36.9 Å². The SMILES string of the molecule is CC(NC(=O)C(Cc1ccc(O)cc1)NC(=O)C(Cc1ccccc1)NC(=O)C(N)Cc1cnc[nH]1)C(=O)O. The maximum absolute atomic E-state index is 13.5. The van der Waals surface area contributed by atoms with E-state index in [-0.39, 0.29) is 25.0 Å². The van der Waals surface area contributed by atoms with Gasteiger partial charge in [0.2, 0.25) is 17.7 Å². The van der Waals surface area contributed by atoms with Gasteiger partial charge in [-0.1, -0.05) is 42.5 Å². The zero-order chi connectivity index (χ0) is 28.4. The van der Waals surface area contributed by atoms with Crippen LogP contribution < -0.4 is 21.7 Å². The Morgan fingerprint density at radius 2 is 1.41 bits per heavy atom. The molecule has 0 fully saturated rings. The van der Waals surface area contributed by atoms with Crippen LogP contribution in [0, 0.1) is 0 Å². The molecular weight excluding hydrogens is 504 g/mol. The molecule has 0 saturated carbocycles. The molecule has 12 nitrogen and oxygen atoms in total. The summed E-state index contributed by atoms with van der Waals surface area (Å²) in [7, 11) is 0. The van der Waals surface area contributed by atoms with Crippen LogP contribution >= 0.6 is 0 Å². The number of amides is 3. The van der Waals surface area contributed by atoms with Gasteiger partial charge in [-0.3, -0.25) is 19.2 Å². The number of carboxylic acid groups (broad SMARTS) is 1. The van der Waals surface area contributed by atoms with E-state index in [4.69, 9.17) is 5.73 Å². The fourth-order valence-electron chi connectivity index (χ4n) is 3.79. The van der Waals surface area contributed by atoms with E-state index in [1.54, 1.807) is 42.6 Å². The second kappa shape index (κ2) is 13.7. The van der Waals surface area contributed by atoms with E-state index in [0.29, 0.717) is 11.3 Å². The van der Waals surface area contributed by atoms with Crippen LogP contribution in [0.25, 0.3) is 0 Å². The highest BCUT2D eigenvalue weighted by Crippen LogP contribution is 2.12. The molecule has 8 N–H and O–H groups in total. The van der Waals surface area contributed by atoms with E-state index in [1.807, 2.05) is 6.07 Å². The van der Waals surface area contributed by atoms with Gasteiger partial charge in [0.1, 0.15) is 23.9 Å². The number of nitrogens with one attached hydrogen (secondary N) is 4. The van der Waals surface area contributed by atoms with Crippen molar-refractivity contribution in [3.8, 4) is 5.75 Å². The van der Waals surface area contributed by atoms with Crippen molar-refractivity contribution in [3.63, 3.8) is 0 Å². The normalized spacial score (nSPS) is 13.9. The smallest absolute Gasteiger partial charge is 0.325 e. The lowest BCUT2D eigenvalue weighted by Gasteiger charge is -2.25. The number of aromatic amines is 1. The lowest BCUT2D eigenvalue weighted by molar-refractivity contribution is -0.141. The van der Waals surface area contributed by atoms with Crippen molar-refractivity contribution in [3.05, 3.63) is 83.9 Å². The number of phenols is 1. The summed E-state index contributed by atoms with van der Waals surface area (Å²) in [5.41, 5.74) is 8.09. The van der Waals surface area contributed by atoms with E-state index in [9.17, 15) is 29.4 Å². The van der Waals surface area contributed by atoms with Crippen molar-refractivity contribution in [1.82, 2.24) is 25.9 Å². The molecule has 39 heavy (non-hydrogen) atoms. The number of aliphatic carboxylic acids is 1. The Kier molecular flexibility index (Phi) is 10.2. The van der Waals surface area contributed by atoms with Gasteiger partial charge in [-0.05, 0) is 30.2 Å². The highest BCUT2D eigenvalue weighted by molar-refractivity contribution is 5.94. The Labute approximate surface area is 225 Å². The molecule has 0 bridgehead atoms. The highest BCUT2D eigenvalue weighted by Gasteiger charge is 2.30. The zero-order valence-electron chi connectivity index (χ0n) is 21.3. The number of nitrogens with two attached hydrogens (primary N) is 1. The van der Waals surface area contributed by atoms with E-state index in [0.717, 1.165) is 5.56 Å². The predicted octanol–water partition coefficient (Wildman–Crippen LogP) is 0.0294. The Bertz CT molecular complexity index is 1250. The molecule has 3 rings (SSSR count). The lowest BCUT2D eigenvalue weighted by atomic mass is 10.0. The lowest BCUT2D eigenvalue weighted by Crippen LogP contribution is -2.58. The van der Waals surface area contributed by atoms with Gasteiger partial charge in [0.05, 0.1) is 12.4 Å². The van der Waals surface area contributed by atoms with Gasteiger partial charge in [-0.15, -0.1) is 0 Å². The van der Waals surface area contributed by atoms with Gasteiger partial charge in [0.25, 0.3) is 0 Å². The van der Waals surface area contributed by atoms with E-state index < -0.39 is 47.9 Å². The minimum atomic E-state index is -1.24. The summed E-state index contributed by atoms with van der Waals surface area (Å²) in [4.78, 5) is 57.5. The van der Waals surface area contributed by atoms with Crippen molar-refractivity contribution >= 4 is 23.7 Å². The molecule has 2 aromatic carbocycles. The van der Waals surface area contributed by atoms with Crippen LogP contribution in [-0.4, -0.2) is 68.0 Å². The first-order valence-corrected chi connectivity index (χ1v) is 12.3. The van der Waals surface area contributed by atoms with Crippen LogP contribution in [0.4, 0.5) is 0 Å². The number of rotatable bonds is 13. The number of carboxylic acids is 1. The van der Waals surface area contributed by atoms with Gasteiger partial charge in [-0.25, -0.2) is 4.98 Å². The Morgan fingerprint density at radius 1 is 0.846 bits per heavy atom. The standard InChI is InChI=1S/C27H32N6O6/c1-16(27(38)39)31-25(36)22(12-18-7-9-20(34)10-8-18)33-26(37)23(11-17-5-3-2-4-6-17)32-24(35)21(28)13-19-14-29-15-30-19/h2-10,14-16,21-23,34H,11-13,28H2,1H3,(H,29,30)(H,31,36)(H,32,35)(H,33,37)(H,38,39). The fourth-order valence-corrected chi connectivity index (χ4v) is 3.79. The zero-order valence-corrected chi connectivity index (χ0v) is 21.3. The highest BCUT2D eigenvalue weighted by atomic mass is 16.4. The summed E-state index contributed by atoms with van der Waals surface area (Å²) >= 11 is 0. The Hall–Kier alpha value is -4.71. The van der Waals surface area contributed by atoms with Gasteiger partial charge >= 0.3 is 5.97 Å². The van der Waals surface area contributed by atoms with Crippen LogP contribution in [0.5, 0.6) is 5.75 Å². The summed E-state index contributed by atoms with van der Waals surface area (Å²) in [6, 6.07) is 10.6. The Balaban J connectivity index is 1.80. The van der Waals surface area contributed by atoms with Crippen LogP contribution in [0.1, 0.15) is 23.7 Å². The van der Waals surface area contributed by atoms with Crippen LogP contribution in [-0.2, 0) is 38.4 Å². The van der Waals surface area contributed by atoms with E-state index in [2.05, 4.69) is 25.9 Å². The first-order chi connectivity index (χ1) is 18.6. The van der Waals surface area contributed by atoms with Crippen molar-refractivity contribution in [2.24, 2.45) is 5.73 Å². The summed E-state index contributed by atoms with van der Waals surface area (Å²) in [6.07, 6.45) is 3.32. The van der Waals surface area contributed by atoms with Crippen LogP contribution in [0.3, 0.4) is 0 Å². The third-order valence-corrected chi connectivity index (χ3v) is 5.99. The number of nitrogens with zero attached hydrogens (tertiary/aromatic N) is 1. The molecular formula is C27H32N6O6. The largest absolute Gasteiger partial charge is 0.508 e. The summed E-state index contributed by atoms with van der Waals surface area (Å²) < 4.78 is 0. The number of hydrogen-bond donors (Lipinski definition) is 7. The Morgan fingerprint density at radius 3 is 1.97 bits per heavy atom. The first kappa shape index (κ1) is 28.9. The van der Waals surface area contributed by atoms with Crippen molar-refractivity contribution < 1.29 is 29.4 Å². The van der Waals surface area contributed by atoms with Crippen molar-refractivity contribution in [2.75, 3.05) is 0 Å². The molecule has 0 spiro atoms. The van der Waals surface area contributed by atoms with Crippen LogP contribution in [0.2, 0.25) is 0 Å². The minimum absolute atomic E-state index is 0.00946. The second-order valence-electron chi connectivity index (χ2n) is 9.14. The number of imidazole rings is 1. The molecule has 0 aliphatic rings. The number of benzene rings is 2. The van der Waals surface area contributed by atoms with Crippen molar-refractivity contribution in [2.45, 2.75) is 50.4 Å². The second-order valence-corrected chi connectivity index (χ2v) is 9.14. The number of carbonyl (C=O) groups is 4. The summed E-state index contributed by atoms with van der Waals surface area (Å²) in [5.74, 6) is -3.14. The molecule has 0 saturated heterocycles. The third-order valence-electron chi connectivity index (χ3n) is 5.99. The number of aromatic nitrogens is 2. The number of phenolic OH excluding ortho intramolecular Hbond substituents is 1. The van der Waals surface area contributed by atoms with Gasteiger partial charge in [0, 0.05) is 31.2 Å². The first-order valence-electron chi connectivity index (χ1n) is 12.3. The molecule has 3 amide bonds. The van der Waals surface area contributed by atoms with E-state index >= 15 is 0 Å². The molecule has 3 aromatic rings. The van der Waals surface area contributed by atoms with Gasteiger partial charge in [0.15, 0.2) is 0 Å². The molecule has 206 valence electrons. The molecule has 0 radical (unpaired) electrons. The predicted molar refractivity (Wildman–Crippen MR) is 141 cm³/mol. The molecule has 1 aromatic heterocycles. The monoisotopic (exact) mass is 536 g/mol. The van der Waals surface area contributed by atoms with Crippen molar-refractivity contribution in [1.29, 1.82) is 0 Å².